The number of carbonyl (C=O) groups is 1. The van der Waals surface area contributed by atoms with Crippen molar-refractivity contribution in [2.45, 2.75) is 70.7 Å². The molecule has 4 nitrogen and oxygen atoms in total. The lowest BCUT2D eigenvalue weighted by molar-refractivity contribution is 0.0497. The fourth-order valence-corrected chi connectivity index (χ4v) is 3.40. The number of nitrogens with one attached hydrogen (secondary N) is 2. The molecule has 0 bridgehead atoms. The Kier molecular flexibility index (Phi) is 6.09. The van der Waals surface area contributed by atoms with Gasteiger partial charge in [-0.1, -0.05) is 28.1 Å². The number of benzene rings is 1. The lowest BCUT2D eigenvalue weighted by Gasteiger charge is -2.27. The molecule has 1 aromatic carbocycles. The minimum atomic E-state index is -0.463. The topological polar surface area (TPSA) is 50.4 Å². The summed E-state index contributed by atoms with van der Waals surface area (Å²) in [7, 11) is 0. The third-order valence-corrected chi connectivity index (χ3v) is 4.52. The van der Waals surface area contributed by atoms with Gasteiger partial charge in [0.2, 0.25) is 0 Å². The Morgan fingerprint density at radius 3 is 2.65 bits per heavy atom. The van der Waals surface area contributed by atoms with Crippen LogP contribution < -0.4 is 10.6 Å². The lowest BCUT2D eigenvalue weighted by Crippen LogP contribution is -2.48. The van der Waals surface area contributed by atoms with Crippen LogP contribution in [-0.2, 0) is 4.74 Å². The van der Waals surface area contributed by atoms with Gasteiger partial charge in [0.05, 0.1) is 0 Å². The highest BCUT2D eigenvalue weighted by Gasteiger charge is 2.31. The second-order valence-corrected chi connectivity index (χ2v) is 8.15. The summed E-state index contributed by atoms with van der Waals surface area (Å²) in [5.74, 6) is 0. The van der Waals surface area contributed by atoms with E-state index in [-0.39, 0.29) is 24.2 Å². The molecule has 0 radical (unpaired) electrons. The first-order chi connectivity index (χ1) is 10.7. The molecule has 1 fully saturated rings. The van der Waals surface area contributed by atoms with Gasteiger partial charge in [0.25, 0.3) is 0 Å². The highest BCUT2D eigenvalue weighted by molar-refractivity contribution is 9.10. The Hall–Kier alpha value is -1.07. The molecule has 0 aliphatic heterocycles. The number of halogens is 1. The SMILES string of the molecule is CC(NC1CCCC1NC(=O)OC(C)(C)C)c1cccc(Br)c1. The quantitative estimate of drug-likeness (QED) is 0.802. The van der Waals surface area contributed by atoms with Crippen molar-refractivity contribution in [2.75, 3.05) is 0 Å². The van der Waals surface area contributed by atoms with Gasteiger partial charge >= 0.3 is 6.09 Å². The van der Waals surface area contributed by atoms with Crippen LogP contribution in [0.25, 0.3) is 0 Å². The molecule has 0 heterocycles. The number of ether oxygens (including phenoxy) is 1. The van der Waals surface area contributed by atoms with Gasteiger partial charge in [-0.05, 0) is 64.7 Å². The van der Waals surface area contributed by atoms with Crippen LogP contribution in [-0.4, -0.2) is 23.8 Å². The highest BCUT2D eigenvalue weighted by Crippen LogP contribution is 2.24. The summed E-state index contributed by atoms with van der Waals surface area (Å²) in [6.45, 7) is 7.80. The average Bonchev–Trinajstić information content (AvgIpc) is 2.83. The molecule has 0 spiro atoms. The van der Waals surface area contributed by atoms with Gasteiger partial charge in [0.1, 0.15) is 5.60 Å². The molecule has 1 aromatic rings. The molecule has 2 rings (SSSR count). The number of amides is 1. The van der Waals surface area contributed by atoms with Crippen molar-refractivity contribution in [1.82, 2.24) is 10.6 Å². The zero-order valence-electron chi connectivity index (χ0n) is 14.4. The second kappa shape index (κ2) is 7.67. The molecule has 1 saturated carbocycles. The van der Waals surface area contributed by atoms with E-state index in [1.165, 1.54) is 5.56 Å². The molecule has 3 atom stereocenters. The van der Waals surface area contributed by atoms with Gasteiger partial charge < -0.3 is 15.4 Å². The molecule has 0 aromatic heterocycles. The molecule has 0 saturated heterocycles. The predicted octanol–water partition coefficient (Wildman–Crippen LogP) is 4.55. The summed E-state index contributed by atoms with van der Waals surface area (Å²) >= 11 is 3.51. The van der Waals surface area contributed by atoms with Gasteiger partial charge in [-0.25, -0.2) is 4.79 Å². The summed E-state index contributed by atoms with van der Waals surface area (Å²) < 4.78 is 6.45. The zero-order chi connectivity index (χ0) is 17.0. The largest absolute Gasteiger partial charge is 0.444 e. The summed E-state index contributed by atoms with van der Waals surface area (Å²) in [6.07, 6.45) is 2.84. The third kappa shape index (κ3) is 5.81. The van der Waals surface area contributed by atoms with Crippen LogP contribution in [0.3, 0.4) is 0 Å². The first-order valence-corrected chi connectivity index (χ1v) is 9.05. The summed E-state index contributed by atoms with van der Waals surface area (Å²) in [5, 5.41) is 6.67. The number of rotatable bonds is 4. The smallest absolute Gasteiger partial charge is 0.407 e. The van der Waals surface area contributed by atoms with E-state index >= 15 is 0 Å². The van der Waals surface area contributed by atoms with E-state index in [0.29, 0.717) is 0 Å². The maximum absolute atomic E-state index is 12.0. The van der Waals surface area contributed by atoms with Crippen molar-refractivity contribution >= 4 is 22.0 Å². The maximum Gasteiger partial charge on any atom is 0.407 e. The molecule has 1 aliphatic rings. The van der Waals surface area contributed by atoms with Crippen LogP contribution in [0.2, 0.25) is 0 Å². The fraction of sp³-hybridized carbons (Fsp3) is 0.611. The summed E-state index contributed by atoms with van der Waals surface area (Å²) in [6, 6.07) is 8.95. The molecular weight excluding hydrogens is 356 g/mol. The van der Waals surface area contributed by atoms with E-state index in [2.05, 4.69) is 45.6 Å². The van der Waals surface area contributed by atoms with E-state index in [1.807, 2.05) is 32.9 Å². The highest BCUT2D eigenvalue weighted by atomic mass is 79.9. The van der Waals surface area contributed by atoms with E-state index < -0.39 is 5.60 Å². The van der Waals surface area contributed by atoms with Crippen molar-refractivity contribution in [3.05, 3.63) is 34.3 Å². The molecular formula is C18H27BrN2O2. The zero-order valence-corrected chi connectivity index (χ0v) is 15.9. The van der Waals surface area contributed by atoms with Crippen molar-refractivity contribution < 1.29 is 9.53 Å². The van der Waals surface area contributed by atoms with Crippen LogP contribution in [0, 0.1) is 0 Å². The molecule has 3 unspecified atom stereocenters. The Morgan fingerprint density at radius 1 is 1.30 bits per heavy atom. The first-order valence-electron chi connectivity index (χ1n) is 8.25. The normalized spacial score (nSPS) is 22.7. The Bertz CT molecular complexity index is 542. The molecule has 1 aliphatic carbocycles. The monoisotopic (exact) mass is 382 g/mol. The summed E-state index contributed by atoms with van der Waals surface area (Å²) in [5.41, 5.74) is 0.775. The van der Waals surface area contributed by atoms with E-state index in [1.54, 1.807) is 0 Å². The molecule has 5 heteroatoms. The fourth-order valence-electron chi connectivity index (χ4n) is 2.98. The third-order valence-electron chi connectivity index (χ3n) is 4.03. The van der Waals surface area contributed by atoms with Gasteiger partial charge in [-0.2, -0.15) is 0 Å². The van der Waals surface area contributed by atoms with Gasteiger partial charge in [-0.3, -0.25) is 0 Å². The number of carbonyl (C=O) groups excluding carboxylic acids is 1. The van der Waals surface area contributed by atoms with Crippen LogP contribution in [0.5, 0.6) is 0 Å². The first kappa shape index (κ1) is 18.3. The van der Waals surface area contributed by atoms with Crippen LogP contribution in [0.4, 0.5) is 4.79 Å². The molecule has 1 amide bonds. The van der Waals surface area contributed by atoms with E-state index in [9.17, 15) is 4.79 Å². The van der Waals surface area contributed by atoms with E-state index in [4.69, 9.17) is 4.74 Å². The number of hydrogen-bond acceptors (Lipinski definition) is 3. The Balaban J connectivity index is 1.92. The van der Waals surface area contributed by atoms with Gasteiger partial charge in [0, 0.05) is 22.6 Å². The van der Waals surface area contributed by atoms with Crippen molar-refractivity contribution in [2.24, 2.45) is 0 Å². The minimum absolute atomic E-state index is 0.124. The maximum atomic E-state index is 12.0. The minimum Gasteiger partial charge on any atom is -0.444 e. The van der Waals surface area contributed by atoms with Crippen molar-refractivity contribution in [3.63, 3.8) is 0 Å². The predicted molar refractivity (Wildman–Crippen MR) is 96.5 cm³/mol. The van der Waals surface area contributed by atoms with Gasteiger partial charge in [0.15, 0.2) is 0 Å². The number of hydrogen-bond donors (Lipinski definition) is 2. The Labute approximate surface area is 147 Å². The van der Waals surface area contributed by atoms with Crippen LogP contribution >= 0.6 is 15.9 Å². The standard InChI is InChI=1S/C18H27BrN2O2/c1-12(13-7-5-8-14(19)11-13)20-15-9-6-10-16(15)21-17(22)23-18(2,3)4/h5,7-8,11-12,15-16,20H,6,9-10H2,1-4H3,(H,21,22). The van der Waals surface area contributed by atoms with Gasteiger partial charge in [-0.15, -0.1) is 0 Å². The average molecular weight is 383 g/mol. The summed E-state index contributed by atoms with van der Waals surface area (Å²) in [4.78, 5) is 12.0. The van der Waals surface area contributed by atoms with Crippen molar-refractivity contribution in [1.29, 1.82) is 0 Å². The lowest BCUT2D eigenvalue weighted by atomic mass is 10.1. The number of alkyl carbamates (subject to hydrolysis) is 1. The van der Waals surface area contributed by atoms with Crippen molar-refractivity contribution in [3.8, 4) is 0 Å². The molecule has 23 heavy (non-hydrogen) atoms. The van der Waals surface area contributed by atoms with E-state index in [0.717, 1.165) is 23.7 Å². The molecule has 128 valence electrons. The Morgan fingerprint density at radius 2 is 2.00 bits per heavy atom. The van der Waals surface area contributed by atoms with Crippen LogP contribution in [0.1, 0.15) is 58.6 Å². The van der Waals surface area contributed by atoms with Crippen LogP contribution in [0.15, 0.2) is 28.7 Å². The second-order valence-electron chi connectivity index (χ2n) is 7.23. The molecule has 2 N–H and O–H groups in total.